The molecule has 0 aliphatic carbocycles. The standard InChI is InChI=1S/C16H16N6O7S4.Zn/c1-10-2-6-12(7-3-10)32(26,27)21-14(23)18-11-4-8-13(9-5-11)33(28,29)22-15-19-20-16(30-15)31(17,24)25;/h2-9H,1H3,(H,19,22)(H2,17,24,25)(H2,18,21,23);/q;+2. The predicted octanol–water partition coefficient (Wildman–Crippen LogP) is 0.803. The van der Waals surface area contributed by atoms with Gasteiger partial charge < -0.3 is 5.32 Å². The largest absolute Gasteiger partial charge is 2.00 e. The first kappa shape index (κ1) is 27.7. The van der Waals surface area contributed by atoms with Crippen molar-refractivity contribution in [3.63, 3.8) is 0 Å². The van der Waals surface area contributed by atoms with E-state index in [0.717, 1.165) is 17.7 Å². The molecule has 0 radical (unpaired) electrons. The molecule has 0 atom stereocenters. The van der Waals surface area contributed by atoms with Crippen LogP contribution in [0.25, 0.3) is 0 Å². The third-order valence-corrected chi connectivity index (χ3v) is 8.83. The van der Waals surface area contributed by atoms with E-state index >= 15 is 0 Å². The summed E-state index contributed by atoms with van der Waals surface area (Å²) >= 11 is 0.429. The van der Waals surface area contributed by atoms with Gasteiger partial charge in [-0.25, -0.2) is 39.9 Å². The number of nitrogens with one attached hydrogen (secondary N) is 3. The number of hydrogen-bond acceptors (Lipinski definition) is 10. The number of rotatable bonds is 7. The molecule has 34 heavy (non-hydrogen) atoms. The summed E-state index contributed by atoms with van der Waals surface area (Å²) < 4.78 is 75.1. The summed E-state index contributed by atoms with van der Waals surface area (Å²) in [5.74, 6) is 0. The van der Waals surface area contributed by atoms with Crippen LogP contribution >= 0.6 is 11.3 Å². The van der Waals surface area contributed by atoms with Gasteiger partial charge >= 0.3 is 25.5 Å². The summed E-state index contributed by atoms with van der Waals surface area (Å²) in [4.78, 5) is 11.7. The van der Waals surface area contributed by atoms with Crippen molar-refractivity contribution in [2.24, 2.45) is 5.14 Å². The first-order valence-electron chi connectivity index (χ1n) is 8.66. The number of benzene rings is 2. The second kappa shape index (κ2) is 10.4. The molecular weight excluding hydrogens is 582 g/mol. The average Bonchev–Trinajstić information content (AvgIpc) is 3.16. The number of carbonyl (C=O) groups excluding carboxylic acids is 1. The molecule has 2 amide bonds. The Labute approximate surface area is 212 Å². The second-order valence-corrected chi connectivity index (χ2v) is 12.5. The van der Waals surface area contributed by atoms with E-state index in [1.54, 1.807) is 19.1 Å². The number of nitrogens with zero attached hydrogens (tertiary/aromatic N) is 2. The molecule has 3 rings (SSSR count). The van der Waals surface area contributed by atoms with Gasteiger partial charge in [0.05, 0.1) is 9.79 Å². The van der Waals surface area contributed by atoms with Gasteiger partial charge in [-0.15, -0.1) is 10.2 Å². The number of anilines is 2. The van der Waals surface area contributed by atoms with Crippen molar-refractivity contribution >= 4 is 58.3 Å². The Morgan fingerprint density at radius 2 is 1.38 bits per heavy atom. The fourth-order valence-electron chi connectivity index (χ4n) is 2.31. The monoisotopic (exact) mass is 596 g/mol. The molecule has 18 heteroatoms. The minimum Gasteiger partial charge on any atom is -0.307 e. The van der Waals surface area contributed by atoms with Gasteiger partial charge in [0.15, 0.2) is 0 Å². The number of amides is 2. The van der Waals surface area contributed by atoms with Gasteiger partial charge in [0.1, 0.15) is 0 Å². The van der Waals surface area contributed by atoms with E-state index in [0.29, 0.717) is 11.3 Å². The molecule has 0 aliphatic heterocycles. The Balaban J connectivity index is 0.00000408. The van der Waals surface area contributed by atoms with Crippen molar-refractivity contribution in [3.05, 3.63) is 54.1 Å². The minimum atomic E-state index is -4.16. The molecule has 0 bridgehead atoms. The SMILES string of the molecule is Cc1ccc(S(=O)(=O)NC(=O)Nc2ccc(S(=O)(=O)Nc3nnc(S(N)(=O)=O)s3)cc2)cc1.[Zn+2]. The molecule has 0 aliphatic rings. The van der Waals surface area contributed by atoms with Crippen molar-refractivity contribution in [2.45, 2.75) is 21.1 Å². The summed E-state index contributed by atoms with van der Waals surface area (Å²) in [6.45, 7) is 1.78. The van der Waals surface area contributed by atoms with E-state index in [2.05, 4.69) is 20.2 Å². The van der Waals surface area contributed by atoms with Gasteiger partial charge in [0.2, 0.25) is 9.47 Å². The molecule has 1 heterocycles. The molecular formula is C16H16N6O7S4Zn+2. The predicted molar refractivity (Wildman–Crippen MR) is 119 cm³/mol. The zero-order chi connectivity index (χ0) is 24.4. The molecule has 0 unspecified atom stereocenters. The van der Waals surface area contributed by atoms with Crippen LogP contribution in [0.4, 0.5) is 15.6 Å². The van der Waals surface area contributed by atoms with E-state index in [9.17, 15) is 30.0 Å². The van der Waals surface area contributed by atoms with Gasteiger partial charge in [-0.05, 0) is 43.3 Å². The summed E-state index contributed by atoms with van der Waals surface area (Å²) in [5, 5.41) is 13.6. The Morgan fingerprint density at radius 3 is 1.91 bits per heavy atom. The number of aromatic nitrogens is 2. The van der Waals surface area contributed by atoms with Crippen molar-refractivity contribution in [1.82, 2.24) is 14.9 Å². The topological polar surface area (TPSA) is 207 Å². The summed E-state index contributed by atoms with van der Waals surface area (Å²) in [6, 6.07) is 9.53. The number of hydrogen-bond donors (Lipinski definition) is 4. The number of nitrogens with two attached hydrogens (primary N) is 1. The van der Waals surface area contributed by atoms with E-state index in [4.69, 9.17) is 5.14 Å². The van der Waals surface area contributed by atoms with Gasteiger partial charge in [-0.2, -0.15) is 0 Å². The fourth-order valence-corrected chi connectivity index (χ4v) is 5.78. The Kier molecular flexibility index (Phi) is 8.50. The van der Waals surface area contributed by atoms with Crippen LogP contribution in [0.15, 0.2) is 62.7 Å². The van der Waals surface area contributed by atoms with Crippen LogP contribution < -0.4 is 19.9 Å². The quantitative estimate of drug-likeness (QED) is 0.284. The van der Waals surface area contributed by atoms with Crippen LogP contribution in [0, 0.1) is 6.92 Å². The van der Waals surface area contributed by atoms with Crippen LogP contribution in [0.3, 0.4) is 0 Å². The van der Waals surface area contributed by atoms with Crippen LogP contribution in [0.5, 0.6) is 0 Å². The van der Waals surface area contributed by atoms with Crippen molar-refractivity contribution in [2.75, 3.05) is 10.0 Å². The first-order chi connectivity index (χ1) is 15.3. The molecule has 1 aromatic heterocycles. The Bertz CT molecular complexity index is 1500. The Hall–Kier alpha value is -2.50. The normalized spacial score (nSPS) is 11.8. The maximum atomic E-state index is 12.4. The smallest absolute Gasteiger partial charge is 0.307 e. The summed E-state index contributed by atoms with van der Waals surface area (Å²) in [7, 11) is -12.4. The maximum Gasteiger partial charge on any atom is 2.00 e. The zero-order valence-electron chi connectivity index (χ0n) is 17.3. The zero-order valence-corrected chi connectivity index (χ0v) is 23.5. The van der Waals surface area contributed by atoms with E-state index in [1.807, 2.05) is 4.72 Å². The van der Waals surface area contributed by atoms with E-state index in [1.165, 1.54) is 24.3 Å². The first-order valence-corrected chi connectivity index (χ1v) is 14.0. The number of carbonyl (C=O) groups is 1. The summed E-state index contributed by atoms with van der Waals surface area (Å²) in [6.07, 6.45) is 0. The van der Waals surface area contributed by atoms with Crippen LogP contribution in [-0.4, -0.2) is 41.5 Å². The second-order valence-electron chi connectivity index (χ2n) is 6.42. The fraction of sp³-hybridized carbons (Fsp3) is 0.0625. The third kappa shape index (κ3) is 7.00. The molecule has 0 saturated heterocycles. The molecule has 3 aromatic rings. The Morgan fingerprint density at radius 1 is 0.853 bits per heavy atom. The van der Waals surface area contributed by atoms with Gasteiger partial charge in [0.25, 0.3) is 30.1 Å². The number of sulfonamides is 3. The van der Waals surface area contributed by atoms with Crippen molar-refractivity contribution < 1.29 is 49.5 Å². The average molecular weight is 598 g/mol. The van der Waals surface area contributed by atoms with Crippen LogP contribution in [-0.2, 0) is 49.5 Å². The maximum absolute atomic E-state index is 12.4. The van der Waals surface area contributed by atoms with Gasteiger partial charge in [0, 0.05) is 5.69 Å². The van der Waals surface area contributed by atoms with E-state index < -0.39 is 40.4 Å². The van der Waals surface area contributed by atoms with Crippen LogP contribution in [0.1, 0.15) is 5.56 Å². The van der Waals surface area contributed by atoms with Crippen LogP contribution in [0.2, 0.25) is 0 Å². The van der Waals surface area contributed by atoms with Crippen molar-refractivity contribution in [1.29, 1.82) is 0 Å². The minimum absolute atomic E-state index is 0. The third-order valence-electron chi connectivity index (χ3n) is 3.85. The molecule has 0 fully saturated rings. The molecule has 2 aromatic carbocycles. The number of aryl methyl sites for hydroxylation is 1. The van der Waals surface area contributed by atoms with Gasteiger partial charge in [-0.3, -0.25) is 4.72 Å². The number of primary sulfonamides is 1. The molecule has 0 spiro atoms. The molecule has 0 saturated carbocycles. The van der Waals surface area contributed by atoms with Crippen molar-refractivity contribution in [3.8, 4) is 0 Å². The van der Waals surface area contributed by atoms with Gasteiger partial charge in [-0.1, -0.05) is 29.0 Å². The summed E-state index contributed by atoms with van der Waals surface area (Å²) in [5.41, 5.74) is 0.955. The molecule has 13 nitrogen and oxygen atoms in total. The molecule has 176 valence electrons. The van der Waals surface area contributed by atoms with E-state index in [-0.39, 0.29) is 40.1 Å². The molecule has 5 N–H and O–H groups in total. The number of urea groups is 1.